The van der Waals surface area contributed by atoms with Gasteiger partial charge in [-0.25, -0.2) is 0 Å². The number of benzene rings is 2. The molecule has 1 saturated heterocycles. The maximum absolute atomic E-state index is 14.5. The van der Waals surface area contributed by atoms with E-state index in [0.717, 1.165) is 5.56 Å². The van der Waals surface area contributed by atoms with E-state index >= 15 is 0 Å². The Balaban J connectivity index is 1.82. The summed E-state index contributed by atoms with van der Waals surface area (Å²) in [6.07, 6.45) is 1.54. The first-order chi connectivity index (χ1) is 30.3. The SMILES string of the molecule is CC[C@@H](C)[C@H]([C@H](CC(=O)N1CCC[C@@H]1[C@@H](OC)[C@H](C)C(=O)N[C@H](Cc1ccccc1)C(=O)Nc1ccc(NC(C)=O)cc1)OC)N(C)C(=O)[C@H](NC(=O)[C@@H](C(C)C)N(C)C)[C@@H](C)CC. The number of likely N-dealkylation sites (N-methyl/N-ethyl adjacent to an activating group) is 2. The van der Waals surface area contributed by atoms with E-state index in [1.165, 1.54) is 14.0 Å². The van der Waals surface area contributed by atoms with Gasteiger partial charge in [0.1, 0.15) is 12.1 Å². The van der Waals surface area contributed by atoms with Gasteiger partial charge in [0.15, 0.2) is 0 Å². The Morgan fingerprint density at radius 3 is 1.88 bits per heavy atom. The lowest BCUT2D eigenvalue weighted by molar-refractivity contribution is -0.148. The smallest absolute Gasteiger partial charge is 0.247 e. The Morgan fingerprint density at radius 1 is 0.766 bits per heavy atom. The normalized spacial score (nSPS) is 18.2. The fourth-order valence-electron chi connectivity index (χ4n) is 9.01. The number of hydrogen-bond acceptors (Lipinski definition) is 9. The second-order valence-electron chi connectivity index (χ2n) is 18.1. The standard InChI is InChI=1S/C49H77N7O8/c1-14-31(5)42(53-48(61)43(30(3)4)54(9)10)49(62)55(11)44(32(6)15-2)40(63-12)29-41(58)56-27-19-22-39(56)45(64-13)33(7)46(59)52-38(28-35-20-17-16-18-21-35)47(60)51-37-25-23-36(24-26-37)50-34(8)57/h16-18,20-21,23-26,30-33,38-40,42-45H,14-15,19,22,27-29H2,1-13H3,(H,50,57)(H,51,60)(H,52,59)(H,53,61)/t31-,32+,33-,38+,39+,40-,42+,43+,44+,45-/m0/s1. The number of rotatable bonds is 24. The number of carbonyl (C=O) groups is 6. The van der Waals surface area contributed by atoms with Gasteiger partial charge < -0.3 is 40.5 Å². The molecule has 0 aromatic heterocycles. The van der Waals surface area contributed by atoms with Crippen LogP contribution in [0.15, 0.2) is 54.6 Å². The van der Waals surface area contributed by atoms with Gasteiger partial charge in [0, 0.05) is 52.5 Å². The lowest BCUT2D eigenvalue weighted by Crippen LogP contribution is -2.60. The van der Waals surface area contributed by atoms with Crippen molar-refractivity contribution in [3.63, 3.8) is 0 Å². The predicted octanol–water partition coefficient (Wildman–Crippen LogP) is 5.35. The summed E-state index contributed by atoms with van der Waals surface area (Å²) in [5.41, 5.74) is 1.94. The van der Waals surface area contributed by atoms with E-state index in [1.54, 1.807) is 55.1 Å². The number of nitrogens with one attached hydrogen (secondary N) is 4. The van der Waals surface area contributed by atoms with E-state index in [1.807, 2.05) is 90.9 Å². The highest BCUT2D eigenvalue weighted by Crippen LogP contribution is 2.30. The molecule has 1 fully saturated rings. The van der Waals surface area contributed by atoms with Crippen molar-refractivity contribution in [2.75, 3.05) is 52.5 Å². The van der Waals surface area contributed by atoms with E-state index in [-0.39, 0.29) is 54.2 Å². The molecule has 64 heavy (non-hydrogen) atoms. The van der Waals surface area contributed by atoms with E-state index in [9.17, 15) is 28.8 Å². The van der Waals surface area contributed by atoms with E-state index < -0.39 is 60.1 Å². The van der Waals surface area contributed by atoms with Gasteiger partial charge in [0.05, 0.1) is 42.7 Å². The Morgan fingerprint density at radius 2 is 1.36 bits per heavy atom. The first-order valence-electron chi connectivity index (χ1n) is 22.9. The summed E-state index contributed by atoms with van der Waals surface area (Å²) < 4.78 is 12.1. The summed E-state index contributed by atoms with van der Waals surface area (Å²) in [6, 6.07) is 13.1. The highest BCUT2D eigenvalue weighted by Gasteiger charge is 2.43. The molecule has 0 aliphatic carbocycles. The number of amides is 6. The Hall–Kier alpha value is -4.86. The monoisotopic (exact) mass is 892 g/mol. The molecule has 0 spiro atoms. The second kappa shape index (κ2) is 25.6. The van der Waals surface area contributed by atoms with Crippen LogP contribution in [-0.4, -0.2) is 134 Å². The third-order valence-electron chi connectivity index (χ3n) is 12.9. The van der Waals surface area contributed by atoms with E-state index in [4.69, 9.17) is 9.47 Å². The number of methoxy groups -OCH3 is 2. The summed E-state index contributed by atoms with van der Waals surface area (Å²) >= 11 is 0. The molecule has 2 aromatic rings. The molecule has 0 saturated carbocycles. The van der Waals surface area contributed by atoms with Crippen molar-refractivity contribution in [3.05, 3.63) is 60.2 Å². The molecule has 10 atom stereocenters. The Bertz CT molecular complexity index is 1820. The molecule has 3 rings (SSSR count). The zero-order valence-corrected chi connectivity index (χ0v) is 40.6. The predicted molar refractivity (Wildman–Crippen MR) is 251 cm³/mol. The molecule has 1 aliphatic heterocycles. The molecule has 1 aliphatic rings. The number of anilines is 2. The molecule has 2 aromatic carbocycles. The molecule has 1 heterocycles. The van der Waals surface area contributed by atoms with Gasteiger partial charge >= 0.3 is 0 Å². The van der Waals surface area contributed by atoms with E-state index in [2.05, 4.69) is 21.3 Å². The van der Waals surface area contributed by atoms with Crippen LogP contribution in [0.5, 0.6) is 0 Å². The van der Waals surface area contributed by atoms with Crippen molar-refractivity contribution in [2.24, 2.45) is 23.7 Å². The van der Waals surface area contributed by atoms with Crippen LogP contribution in [0.4, 0.5) is 11.4 Å². The van der Waals surface area contributed by atoms with Crippen molar-refractivity contribution >= 4 is 46.8 Å². The Kier molecular flexibility index (Phi) is 21.4. The van der Waals surface area contributed by atoms with Crippen LogP contribution in [0.25, 0.3) is 0 Å². The maximum Gasteiger partial charge on any atom is 0.247 e. The second-order valence-corrected chi connectivity index (χ2v) is 18.1. The van der Waals surface area contributed by atoms with Crippen LogP contribution in [0.1, 0.15) is 93.1 Å². The molecule has 0 radical (unpaired) electrons. The molecular weight excluding hydrogens is 815 g/mol. The average molecular weight is 892 g/mol. The Labute approximate surface area is 382 Å². The fraction of sp³-hybridized carbons (Fsp3) is 0.633. The maximum atomic E-state index is 14.5. The molecule has 6 amide bonds. The van der Waals surface area contributed by atoms with Crippen LogP contribution in [-0.2, 0) is 44.7 Å². The van der Waals surface area contributed by atoms with Crippen LogP contribution in [0.3, 0.4) is 0 Å². The molecule has 0 bridgehead atoms. The first kappa shape index (κ1) is 53.5. The van der Waals surface area contributed by atoms with Gasteiger partial charge in [0.25, 0.3) is 0 Å². The lowest BCUT2D eigenvalue weighted by atomic mass is 9.88. The molecule has 356 valence electrons. The third-order valence-corrected chi connectivity index (χ3v) is 12.9. The van der Waals surface area contributed by atoms with Crippen LogP contribution >= 0.6 is 0 Å². The minimum Gasteiger partial charge on any atom is -0.379 e. The van der Waals surface area contributed by atoms with Gasteiger partial charge in [-0.15, -0.1) is 0 Å². The number of ether oxygens (including phenoxy) is 2. The summed E-state index contributed by atoms with van der Waals surface area (Å²) in [5, 5.41) is 11.7. The average Bonchev–Trinajstić information content (AvgIpc) is 3.74. The molecule has 15 heteroatoms. The summed E-state index contributed by atoms with van der Waals surface area (Å²) in [6.45, 7) is 15.6. The van der Waals surface area contributed by atoms with Gasteiger partial charge in [-0.1, -0.05) is 91.6 Å². The molecule has 0 unspecified atom stereocenters. The van der Waals surface area contributed by atoms with Gasteiger partial charge in [-0.3, -0.25) is 33.7 Å². The topological polar surface area (TPSA) is 179 Å². The summed E-state index contributed by atoms with van der Waals surface area (Å²) in [5.74, 6) is -2.58. The minimum atomic E-state index is -0.941. The summed E-state index contributed by atoms with van der Waals surface area (Å²) in [4.78, 5) is 87.3. The van der Waals surface area contributed by atoms with Crippen LogP contribution in [0.2, 0.25) is 0 Å². The van der Waals surface area contributed by atoms with E-state index in [0.29, 0.717) is 43.6 Å². The van der Waals surface area contributed by atoms with Crippen molar-refractivity contribution in [1.82, 2.24) is 25.3 Å². The largest absolute Gasteiger partial charge is 0.379 e. The molecule has 4 N–H and O–H groups in total. The molecule has 15 nitrogen and oxygen atoms in total. The zero-order chi connectivity index (χ0) is 47.8. The fourth-order valence-corrected chi connectivity index (χ4v) is 9.01. The summed E-state index contributed by atoms with van der Waals surface area (Å²) in [7, 11) is 8.53. The molecular formula is C49H77N7O8. The number of likely N-dealkylation sites (tertiary alicyclic amines) is 1. The van der Waals surface area contributed by atoms with Crippen molar-refractivity contribution in [3.8, 4) is 0 Å². The third kappa shape index (κ3) is 14.6. The zero-order valence-electron chi connectivity index (χ0n) is 40.6. The van der Waals surface area contributed by atoms with Gasteiger partial charge in [-0.2, -0.15) is 0 Å². The highest BCUT2D eigenvalue weighted by molar-refractivity contribution is 5.98. The first-order valence-corrected chi connectivity index (χ1v) is 22.9. The van der Waals surface area contributed by atoms with Crippen molar-refractivity contribution in [2.45, 2.75) is 136 Å². The lowest BCUT2D eigenvalue weighted by Gasteiger charge is -2.41. The number of hydrogen-bond donors (Lipinski definition) is 4. The van der Waals surface area contributed by atoms with Gasteiger partial charge in [-0.05, 0) is 74.5 Å². The minimum absolute atomic E-state index is 0.0157. The van der Waals surface area contributed by atoms with Gasteiger partial charge in [0.2, 0.25) is 35.4 Å². The quantitative estimate of drug-likeness (QED) is 0.108. The van der Waals surface area contributed by atoms with Crippen LogP contribution in [0, 0.1) is 23.7 Å². The van der Waals surface area contributed by atoms with Crippen molar-refractivity contribution < 1.29 is 38.2 Å². The highest BCUT2D eigenvalue weighted by atomic mass is 16.5. The van der Waals surface area contributed by atoms with Crippen LogP contribution < -0.4 is 21.3 Å². The number of nitrogens with zero attached hydrogens (tertiary/aromatic N) is 3. The number of carbonyl (C=O) groups excluding carboxylic acids is 6. The van der Waals surface area contributed by atoms with Crippen molar-refractivity contribution in [1.29, 1.82) is 0 Å².